The van der Waals surface area contributed by atoms with E-state index in [1.54, 1.807) is 6.08 Å². The van der Waals surface area contributed by atoms with Crippen LogP contribution in [0.15, 0.2) is 83.9 Å². The molecule has 0 aromatic heterocycles. The lowest BCUT2D eigenvalue weighted by molar-refractivity contribution is -0.137. The van der Waals surface area contributed by atoms with Crippen LogP contribution in [0.25, 0.3) is 5.57 Å². The summed E-state index contributed by atoms with van der Waals surface area (Å²) in [4.78, 5) is 18.9. The molecule has 1 amide bonds. The third-order valence-electron chi connectivity index (χ3n) is 6.00. The molecule has 1 saturated heterocycles. The minimum absolute atomic E-state index is 0.163. The summed E-state index contributed by atoms with van der Waals surface area (Å²) >= 11 is 0. The Morgan fingerprint density at radius 3 is 1.81 bits per heavy atom. The first-order valence-electron chi connectivity index (χ1n) is 11.5. The number of ether oxygens (including phenoxy) is 1. The number of benzene rings is 3. The number of cyclic esters (lactones) is 1. The number of rotatable bonds is 4. The molecule has 3 aromatic rings. The molecule has 0 bridgehead atoms. The number of carbonyl (C=O) groups is 1. The van der Waals surface area contributed by atoms with Gasteiger partial charge in [0.1, 0.15) is 12.4 Å². The van der Waals surface area contributed by atoms with Gasteiger partial charge in [0.05, 0.1) is 16.8 Å². The van der Waals surface area contributed by atoms with Gasteiger partial charge in [-0.05, 0) is 74.7 Å². The smallest absolute Gasteiger partial charge is 0.416 e. The van der Waals surface area contributed by atoms with Crippen molar-refractivity contribution in [2.24, 2.45) is 4.99 Å². The number of aryl methyl sites for hydroxylation is 2. The second-order valence-electron chi connectivity index (χ2n) is 9.51. The average Bonchev–Trinajstić information content (AvgIpc) is 3.10. The Balaban J connectivity index is 1.91. The lowest BCUT2D eigenvalue weighted by atomic mass is 9.95. The number of hydrogen-bond acceptors (Lipinski definition) is 3. The van der Waals surface area contributed by atoms with Crippen molar-refractivity contribution >= 4 is 23.2 Å². The van der Waals surface area contributed by atoms with E-state index in [1.165, 1.54) is 17.0 Å². The fourth-order valence-corrected chi connectivity index (χ4v) is 3.95. The van der Waals surface area contributed by atoms with Crippen molar-refractivity contribution in [1.82, 2.24) is 4.90 Å². The predicted molar refractivity (Wildman–Crippen MR) is 135 cm³/mol. The largest absolute Gasteiger partial charge is 0.447 e. The van der Waals surface area contributed by atoms with Gasteiger partial charge in [0, 0.05) is 0 Å². The summed E-state index contributed by atoms with van der Waals surface area (Å²) in [5.41, 5.74) is 3.66. The molecule has 3 aromatic carbocycles. The Morgan fingerprint density at radius 2 is 1.39 bits per heavy atom. The lowest BCUT2D eigenvalue weighted by Gasteiger charge is -2.28. The normalized spacial score (nSPS) is 15.6. The third-order valence-corrected chi connectivity index (χ3v) is 6.00. The second kappa shape index (κ2) is 9.64. The molecule has 1 heterocycles. The maximum Gasteiger partial charge on any atom is 0.416 e. The van der Waals surface area contributed by atoms with Crippen LogP contribution in [0.3, 0.4) is 0 Å². The van der Waals surface area contributed by atoms with E-state index >= 15 is 0 Å². The molecule has 4 nitrogen and oxygen atoms in total. The maximum atomic E-state index is 13.1. The molecule has 0 radical (unpaired) electrons. The van der Waals surface area contributed by atoms with Gasteiger partial charge in [-0.1, -0.05) is 59.7 Å². The summed E-state index contributed by atoms with van der Waals surface area (Å²) in [6.45, 7) is 7.87. The first-order chi connectivity index (χ1) is 16.9. The van der Waals surface area contributed by atoms with Crippen LogP contribution in [0, 0.1) is 13.8 Å². The Hall–Kier alpha value is -3.87. The fourth-order valence-electron chi connectivity index (χ4n) is 3.95. The van der Waals surface area contributed by atoms with E-state index in [9.17, 15) is 18.0 Å². The van der Waals surface area contributed by atoms with E-state index in [0.29, 0.717) is 0 Å². The molecule has 1 fully saturated rings. The molecule has 7 heteroatoms. The fraction of sp³-hybridized carbons (Fsp3) is 0.241. The zero-order valence-electron chi connectivity index (χ0n) is 20.6. The number of aliphatic imine (C=N–C) groups is 1. The highest BCUT2D eigenvalue weighted by molar-refractivity contribution is 6.10. The second-order valence-corrected chi connectivity index (χ2v) is 9.51. The third kappa shape index (κ3) is 5.51. The van der Waals surface area contributed by atoms with Crippen LogP contribution in [0.4, 0.5) is 23.7 Å². The minimum Gasteiger partial charge on any atom is -0.447 e. The van der Waals surface area contributed by atoms with Gasteiger partial charge in [0.2, 0.25) is 0 Å². The Morgan fingerprint density at radius 1 is 0.889 bits per heavy atom. The summed E-state index contributed by atoms with van der Waals surface area (Å²) in [5.74, 6) is 0.276. The van der Waals surface area contributed by atoms with Gasteiger partial charge in [-0.3, -0.25) is 4.90 Å². The van der Waals surface area contributed by atoms with Crippen molar-refractivity contribution in [3.63, 3.8) is 0 Å². The van der Waals surface area contributed by atoms with Crippen LogP contribution in [-0.4, -0.2) is 29.0 Å². The molecule has 0 atom stereocenters. The van der Waals surface area contributed by atoms with E-state index in [0.717, 1.165) is 40.0 Å². The monoisotopic (exact) mass is 492 g/mol. The molecule has 36 heavy (non-hydrogen) atoms. The molecule has 4 rings (SSSR count). The summed E-state index contributed by atoms with van der Waals surface area (Å²) in [7, 11) is 0. The van der Waals surface area contributed by atoms with E-state index in [1.807, 2.05) is 76.2 Å². The quantitative estimate of drug-likeness (QED) is 0.276. The summed E-state index contributed by atoms with van der Waals surface area (Å²) in [6.07, 6.45) is -3.22. The number of nitrogens with zero attached hydrogens (tertiary/aromatic N) is 2. The summed E-state index contributed by atoms with van der Waals surface area (Å²) < 4.78 is 44.5. The number of amides is 1. The first kappa shape index (κ1) is 25.2. The van der Waals surface area contributed by atoms with Crippen LogP contribution >= 0.6 is 0 Å². The maximum absolute atomic E-state index is 13.1. The van der Waals surface area contributed by atoms with Gasteiger partial charge in [0.15, 0.2) is 0 Å². The molecule has 1 aliphatic heterocycles. The first-order valence-corrected chi connectivity index (χ1v) is 11.5. The topological polar surface area (TPSA) is 41.9 Å². The zero-order chi connectivity index (χ0) is 26.1. The highest BCUT2D eigenvalue weighted by Gasteiger charge is 2.42. The standard InChI is InChI=1S/C29H27F3N2O2/c1-19-5-9-21(10-6-19)25(22-11-7-20(2)8-12-22)17-26(34-27(35)36-18-28(34,3)4)33-24-15-13-23(14-16-24)29(30,31)32/h5-17H,18H2,1-4H3. The van der Waals surface area contributed by atoms with E-state index in [-0.39, 0.29) is 18.1 Å². The van der Waals surface area contributed by atoms with Gasteiger partial charge in [-0.2, -0.15) is 13.2 Å². The molecule has 0 saturated carbocycles. The molecule has 186 valence electrons. The van der Waals surface area contributed by atoms with Crippen molar-refractivity contribution in [3.8, 4) is 0 Å². The van der Waals surface area contributed by atoms with Gasteiger partial charge < -0.3 is 4.74 Å². The highest BCUT2D eigenvalue weighted by Crippen LogP contribution is 2.32. The zero-order valence-corrected chi connectivity index (χ0v) is 20.6. The lowest BCUT2D eigenvalue weighted by Crippen LogP contribution is -2.45. The number of carbonyl (C=O) groups excluding carboxylic acids is 1. The van der Waals surface area contributed by atoms with Crippen molar-refractivity contribution in [3.05, 3.63) is 107 Å². The average molecular weight is 493 g/mol. The van der Waals surface area contributed by atoms with Gasteiger partial charge in [0.25, 0.3) is 0 Å². The number of amidine groups is 1. The van der Waals surface area contributed by atoms with E-state index in [2.05, 4.69) is 4.99 Å². The van der Waals surface area contributed by atoms with Gasteiger partial charge in [-0.15, -0.1) is 0 Å². The van der Waals surface area contributed by atoms with E-state index in [4.69, 9.17) is 4.74 Å². The molecule has 0 N–H and O–H groups in total. The molecule has 0 unspecified atom stereocenters. The molecular weight excluding hydrogens is 465 g/mol. The Labute approximate surface area is 208 Å². The van der Waals surface area contributed by atoms with Crippen molar-refractivity contribution in [2.75, 3.05) is 6.61 Å². The van der Waals surface area contributed by atoms with E-state index < -0.39 is 23.4 Å². The van der Waals surface area contributed by atoms with Crippen molar-refractivity contribution < 1.29 is 22.7 Å². The van der Waals surface area contributed by atoms with Crippen LogP contribution in [-0.2, 0) is 10.9 Å². The van der Waals surface area contributed by atoms with Gasteiger partial charge >= 0.3 is 12.3 Å². The van der Waals surface area contributed by atoms with Crippen LogP contribution in [0.5, 0.6) is 0 Å². The molecular formula is C29H27F3N2O2. The predicted octanol–water partition coefficient (Wildman–Crippen LogP) is 7.71. The van der Waals surface area contributed by atoms with Crippen molar-refractivity contribution in [1.29, 1.82) is 0 Å². The SMILES string of the molecule is Cc1ccc(C(=CC(=Nc2ccc(C(F)(F)F)cc2)N2C(=O)OCC2(C)C)c2ccc(C)cc2)cc1. The van der Waals surface area contributed by atoms with Gasteiger partial charge in [-0.25, -0.2) is 9.79 Å². The number of hydrogen-bond donors (Lipinski definition) is 0. The highest BCUT2D eigenvalue weighted by atomic mass is 19.4. The molecule has 1 aliphatic rings. The van der Waals surface area contributed by atoms with Crippen LogP contribution < -0.4 is 0 Å². The Kier molecular flexibility index (Phi) is 6.76. The number of halogens is 3. The molecule has 0 spiro atoms. The minimum atomic E-state index is -4.45. The Bertz CT molecular complexity index is 1260. The number of alkyl halides is 3. The summed E-state index contributed by atoms with van der Waals surface area (Å²) in [5, 5.41) is 0. The summed E-state index contributed by atoms with van der Waals surface area (Å²) in [6, 6.07) is 20.5. The van der Waals surface area contributed by atoms with Crippen LogP contribution in [0.2, 0.25) is 0 Å². The van der Waals surface area contributed by atoms with Crippen LogP contribution in [0.1, 0.15) is 41.7 Å². The van der Waals surface area contributed by atoms with Crippen molar-refractivity contribution in [2.45, 2.75) is 39.4 Å². The molecule has 0 aliphatic carbocycles.